The molecule has 0 N–H and O–H groups in total. The van der Waals surface area contributed by atoms with Gasteiger partial charge in [0.2, 0.25) is 0 Å². The first-order valence-electron chi connectivity index (χ1n) is 11.4. The molecule has 0 aromatic carbocycles. The number of ether oxygens (including phenoxy) is 2. The molecule has 0 saturated heterocycles. The van der Waals surface area contributed by atoms with Gasteiger partial charge >= 0.3 is 0 Å². The van der Waals surface area contributed by atoms with Crippen LogP contribution < -0.4 is 0 Å². The van der Waals surface area contributed by atoms with Gasteiger partial charge in [0, 0.05) is 0 Å². The van der Waals surface area contributed by atoms with Crippen LogP contribution in [0.1, 0.15) is 116 Å². The molecule has 154 valence electrons. The fourth-order valence-electron chi connectivity index (χ4n) is 3.37. The summed E-state index contributed by atoms with van der Waals surface area (Å²) in [6.07, 6.45) is 27.9. The molecular weight excluding hydrogens is 320 g/mol. The van der Waals surface area contributed by atoms with Crippen LogP contribution in [-0.4, -0.2) is 13.2 Å². The van der Waals surface area contributed by atoms with E-state index in [1.807, 2.05) is 0 Å². The number of rotatable bonds is 23. The van der Waals surface area contributed by atoms with Crippen molar-refractivity contribution in [2.24, 2.45) is 0 Å². The molecule has 2 nitrogen and oxygen atoms in total. The highest BCUT2D eigenvalue weighted by Crippen LogP contribution is 2.14. The first kappa shape index (κ1) is 25.1. The summed E-state index contributed by atoms with van der Waals surface area (Å²) in [5.41, 5.74) is 0. The number of unbranched alkanes of at least 4 members (excludes halogenated alkanes) is 17. The molecule has 0 heterocycles. The molecule has 0 fully saturated rings. The molecule has 0 aromatic heterocycles. The minimum Gasteiger partial charge on any atom is -0.502 e. The van der Waals surface area contributed by atoms with Crippen LogP contribution in [0.3, 0.4) is 0 Å². The molecule has 0 rings (SSSR count). The summed E-state index contributed by atoms with van der Waals surface area (Å²) in [4.78, 5) is 0. The van der Waals surface area contributed by atoms with Crippen LogP contribution >= 0.6 is 0 Å². The third-order valence-electron chi connectivity index (χ3n) is 5.01. The third-order valence-corrected chi connectivity index (χ3v) is 5.01. The Morgan fingerprint density at radius 3 is 0.731 bits per heavy atom. The van der Waals surface area contributed by atoms with Gasteiger partial charge < -0.3 is 9.47 Å². The highest BCUT2D eigenvalue weighted by atomic mass is 16.5. The Hall–Kier alpha value is -0.920. The predicted octanol–water partition coefficient (Wildman–Crippen LogP) is 8.33. The minimum absolute atomic E-state index is 0.842. The highest BCUT2D eigenvalue weighted by molar-refractivity contribution is 4.52. The molecule has 0 bridgehead atoms. The van der Waals surface area contributed by atoms with Crippen LogP contribution in [0.5, 0.6) is 0 Å². The van der Waals surface area contributed by atoms with Crippen molar-refractivity contribution in [1.29, 1.82) is 0 Å². The molecule has 0 atom stereocenters. The molecule has 0 amide bonds. The zero-order valence-electron chi connectivity index (χ0n) is 17.5. The van der Waals surface area contributed by atoms with E-state index in [1.165, 1.54) is 116 Å². The van der Waals surface area contributed by atoms with Gasteiger partial charge in [0.1, 0.15) is 0 Å². The van der Waals surface area contributed by atoms with Gasteiger partial charge in [-0.15, -0.1) is 0 Å². The summed E-state index contributed by atoms with van der Waals surface area (Å²) >= 11 is 0. The van der Waals surface area contributed by atoms with Crippen molar-refractivity contribution in [1.82, 2.24) is 0 Å². The van der Waals surface area contributed by atoms with E-state index >= 15 is 0 Å². The lowest BCUT2D eigenvalue weighted by Gasteiger charge is -2.04. The second-order valence-corrected chi connectivity index (χ2v) is 7.44. The smallest absolute Gasteiger partial charge is 0.0873 e. The molecule has 0 aliphatic rings. The summed E-state index contributed by atoms with van der Waals surface area (Å²) in [6, 6.07) is 0. The van der Waals surface area contributed by atoms with E-state index < -0.39 is 0 Å². The van der Waals surface area contributed by atoms with Gasteiger partial charge in [0.05, 0.1) is 25.7 Å². The summed E-state index contributed by atoms with van der Waals surface area (Å²) in [5, 5.41) is 0. The Labute approximate surface area is 164 Å². The number of hydrogen-bond acceptors (Lipinski definition) is 2. The molecule has 0 unspecified atom stereocenters. The van der Waals surface area contributed by atoms with Crippen LogP contribution in [0.15, 0.2) is 25.7 Å². The monoisotopic (exact) mass is 366 g/mol. The molecule has 0 spiro atoms. The Morgan fingerprint density at radius 1 is 0.346 bits per heavy atom. The Bertz CT molecular complexity index is 247. The second-order valence-electron chi connectivity index (χ2n) is 7.44. The van der Waals surface area contributed by atoms with E-state index in [1.54, 1.807) is 12.5 Å². The highest BCUT2D eigenvalue weighted by Gasteiger charge is 1.95. The molecule has 26 heavy (non-hydrogen) atoms. The van der Waals surface area contributed by atoms with Gasteiger partial charge in [0.25, 0.3) is 0 Å². The molecule has 0 aliphatic heterocycles. The van der Waals surface area contributed by atoms with Crippen molar-refractivity contribution < 1.29 is 9.47 Å². The van der Waals surface area contributed by atoms with Gasteiger partial charge in [-0.3, -0.25) is 0 Å². The molecule has 0 saturated carbocycles. The van der Waals surface area contributed by atoms with E-state index in [0.29, 0.717) is 0 Å². The molecule has 0 aromatic rings. The van der Waals surface area contributed by atoms with Gasteiger partial charge in [0.15, 0.2) is 0 Å². The topological polar surface area (TPSA) is 18.5 Å². The van der Waals surface area contributed by atoms with Crippen molar-refractivity contribution in [3.63, 3.8) is 0 Å². The van der Waals surface area contributed by atoms with Crippen LogP contribution in [0.25, 0.3) is 0 Å². The Morgan fingerprint density at radius 2 is 0.538 bits per heavy atom. The Balaban J connectivity index is 2.96. The van der Waals surface area contributed by atoms with Crippen molar-refractivity contribution in [2.45, 2.75) is 116 Å². The second kappa shape index (κ2) is 24.1. The average molecular weight is 367 g/mol. The van der Waals surface area contributed by atoms with E-state index in [2.05, 4.69) is 13.2 Å². The fraction of sp³-hybridized carbons (Fsp3) is 0.833. The van der Waals surface area contributed by atoms with E-state index in [4.69, 9.17) is 9.47 Å². The lowest BCUT2D eigenvalue weighted by Crippen LogP contribution is -1.88. The maximum atomic E-state index is 5.13. The normalized spacial score (nSPS) is 10.6. The van der Waals surface area contributed by atoms with Crippen LogP contribution in [0, 0.1) is 0 Å². The summed E-state index contributed by atoms with van der Waals surface area (Å²) in [7, 11) is 0. The molecule has 0 aliphatic carbocycles. The van der Waals surface area contributed by atoms with Crippen molar-refractivity contribution in [2.75, 3.05) is 13.2 Å². The zero-order valence-corrected chi connectivity index (χ0v) is 17.5. The molecule has 0 radical (unpaired) electrons. The quantitative estimate of drug-likeness (QED) is 0.134. The van der Waals surface area contributed by atoms with E-state index in [-0.39, 0.29) is 0 Å². The van der Waals surface area contributed by atoms with Crippen molar-refractivity contribution in [3.8, 4) is 0 Å². The van der Waals surface area contributed by atoms with Gasteiger partial charge in [-0.25, -0.2) is 0 Å². The summed E-state index contributed by atoms with van der Waals surface area (Å²) < 4.78 is 10.3. The largest absolute Gasteiger partial charge is 0.502 e. The maximum Gasteiger partial charge on any atom is 0.0873 e. The van der Waals surface area contributed by atoms with E-state index in [9.17, 15) is 0 Å². The zero-order chi connectivity index (χ0) is 19.0. The predicted molar refractivity (Wildman–Crippen MR) is 115 cm³/mol. The third kappa shape index (κ3) is 23.1. The standard InChI is InChI=1S/C24H46O2/c1-3-25-23-21-19-17-15-13-11-9-7-5-6-8-10-12-14-16-18-20-22-24-26-4-2/h3-4H,1-2,5-24H2. The molecular formula is C24H46O2. The first-order valence-corrected chi connectivity index (χ1v) is 11.4. The van der Waals surface area contributed by atoms with Gasteiger partial charge in [-0.2, -0.15) is 0 Å². The fourth-order valence-corrected chi connectivity index (χ4v) is 3.37. The number of hydrogen-bond donors (Lipinski definition) is 0. The lowest BCUT2D eigenvalue weighted by atomic mass is 10.0. The lowest BCUT2D eigenvalue weighted by molar-refractivity contribution is 0.241. The average Bonchev–Trinajstić information content (AvgIpc) is 2.66. The van der Waals surface area contributed by atoms with Gasteiger partial charge in [-0.05, 0) is 12.8 Å². The van der Waals surface area contributed by atoms with Crippen LogP contribution in [0.2, 0.25) is 0 Å². The maximum absolute atomic E-state index is 5.13. The van der Waals surface area contributed by atoms with E-state index in [0.717, 1.165) is 13.2 Å². The molecule has 2 heteroatoms. The van der Waals surface area contributed by atoms with Crippen LogP contribution in [0.4, 0.5) is 0 Å². The summed E-state index contributed by atoms with van der Waals surface area (Å²) in [5.74, 6) is 0. The minimum atomic E-state index is 0.842. The summed E-state index contributed by atoms with van der Waals surface area (Å²) in [6.45, 7) is 8.80. The Kier molecular flexibility index (Phi) is 23.2. The van der Waals surface area contributed by atoms with Crippen molar-refractivity contribution >= 4 is 0 Å². The SMILES string of the molecule is C=COCCCCCCCCCCCCCCCCCCCCOC=C. The van der Waals surface area contributed by atoms with Crippen molar-refractivity contribution in [3.05, 3.63) is 25.7 Å². The first-order chi connectivity index (χ1) is 12.9. The van der Waals surface area contributed by atoms with Gasteiger partial charge in [-0.1, -0.05) is 116 Å². The van der Waals surface area contributed by atoms with Crippen LogP contribution in [-0.2, 0) is 9.47 Å².